The third-order valence-corrected chi connectivity index (χ3v) is 2.92. The van der Waals surface area contributed by atoms with E-state index < -0.39 is 0 Å². The van der Waals surface area contributed by atoms with Gasteiger partial charge in [0, 0.05) is 11.8 Å². The lowest BCUT2D eigenvalue weighted by Gasteiger charge is -2.05. The number of nitrogen functional groups attached to an aromatic ring is 2. The van der Waals surface area contributed by atoms with Crippen LogP contribution in [0.4, 0.5) is 11.8 Å². The van der Waals surface area contributed by atoms with Crippen molar-refractivity contribution in [2.45, 2.75) is 25.7 Å². The lowest BCUT2D eigenvalue weighted by molar-refractivity contribution is 0.732. The van der Waals surface area contributed by atoms with Crippen LogP contribution in [0.15, 0.2) is 36.5 Å². The van der Waals surface area contributed by atoms with Crippen LogP contribution in [0, 0.1) is 0 Å². The van der Waals surface area contributed by atoms with Crippen molar-refractivity contribution >= 4 is 11.8 Å². The first-order chi connectivity index (χ1) is 8.75. The zero-order valence-electron chi connectivity index (χ0n) is 10.3. The maximum Gasteiger partial charge on any atom is 0.221 e. The van der Waals surface area contributed by atoms with E-state index in [1.54, 1.807) is 6.20 Å². The second kappa shape index (κ2) is 6.00. The number of nitrogens with zero attached hydrogens (tertiary/aromatic N) is 2. The van der Waals surface area contributed by atoms with Crippen molar-refractivity contribution in [1.82, 2.24) is 9.97 Å². The van der Waals surface area contributed by atoms with E-state index >= 15 is 0 Å². The SMILES string of the molecule is Nc1ncc(CCCCc2ccccc2)c(N)n1. The van der Waals surface area contributed by atoms with E-state index in [0.717, 1.165) is 31.2 Å². The molecule has 0 saturated heterocycles. The Morgan fingerprint density at radius 2 is 1.67 bits per heavy atom. The van der Waals surface area contributed by atoms with Crippen LogP contribution in [-0.2, 0) is 12.8 Å². The molecule has 94 valence electrons. The van der Waals surface area contributed by atoms with Crippen molar-refractivity contribution in [3.63, 3.8) is 0 Å². The van der Waals surface area contributed by atoms with Gasteiger partial charge < -0.3 is 11.5 Å². The molecule has 2 aromatic rings. The van der Waals surface area contributed by atoms with Gasteiger partial charge in [-0.25, -0.2) is 4.98 Å². The summed E-state index contributed by atoms with van der Waals surface area (Å²) in [6, 6.07) is 10.5. The van der Waals surface area contributed by atoms with E-state index in [2.05, 4.69) is 34.2 Å². The van der Waals surface area contributed by atoms with Gasteiger partial charge in [0.25, 0.3) is 0 Å². The second-order valence-corrected chi connectivity index (χ2v) is 4.33. The number of hydrogen-bond acceptors (Lipinski definition) is 4. The van der Waals surface area contributed by atoms with Crippen molar-refractivity contribution < 1.29 is 0 Å². The number of nitrogens with two attached hydrogens (primary N) is 2. The van der Waals surface area contributed by atoms with Gasteiger partial charge >= 0.3 is 0 Å². The van der Waals surface area contributed by atoms with Crippen molar-refractivity contribution in [3.8, 4) is 0 Å². The number of hydrogen-bond donors (Lipinski definition) is 2. The highest BCUT2D eigenvalue weighted by Gasteiger charge is 2.02. The van der Waals surface area contributed by atoms with E-state index in [9.17, 15) is 0 Å². The standard InChI is InChI=1S/C14H18N4/c15-13-12(10-17-14(16)18-13)9-5-4-8-11-6-2-1-3-7-11/h1-3,6-7,10H,4-5,8-9H2,(H4,15,16,17,18). The van der Waals surface area contributed by atoms with Gasteiger partial charge in [-0.1, -0.05) is 30.3 Å². The maximum atomic E-state index is 5.78. The van der Waals surface area contributed by atoms with Gasteiger partial charge in [0.2, 0.25) is 5.95 Å². The Morgan fingerprint density at radius 1 is 0.944 bits per heavy atom. The Kier molecular flexibility index (Phi) is 4.12. The zero-order chi connectivity index (χ0) is 12.8. The lowest BCUT2D eigenvalue weighted by Crippen LogP contribution is -2.03. The van der Waals surface area contributed by atoms with Gasteiger partial charge in [0.05, 0.1) is 0 Å². The predicted octanol–water partition coefficient (Wildman–Crippen LogP) is 2.21. The van der Waals surface area contributed by atoms with Crippen LogP contribution in [0.2, 0.25) is 0 Å². The highest BCUT2D eigenvalue weighted by atomic mass is 15.0. The molecule has 0 amide bonds. The Bertz CT molecular complexity index is 496. The fraction of sp³-hybridized carbons (Fsp3) is 0.286. The average molecular weight is 242 g/mol. The third-order valence-electron chi connectivity index (χ3n) is 2.92. The first kappa shape index (κ1) is 12.4. The summed E-state index contributed by atoms with van der Waals surface area (Å²) >= 11 is 0. The molecule has 0 radical (unpaired) electrons. The molecular formula is C14H18N4. The van der Waals surface area contributed by atoms with Crippen molar-refractivity contribution in [2.75, 3.05) is 11.5 Å². The number of anilines is 2. The minimum atomic E-state index is 0.237. The molecule has 1 aromatic heterocycles. The van der Waals surface area contributed by atoms with Gasteiger partial charge in [0.15, 0.2) is 0 Å². The molecule has 4 nitrogen and oxygen atoms in total. The molecule has 0 aliphatic heterocycles. The van der Waals surface area contributed by atoms with Gasteiger partial charge in [-0.3, -0.25) is 0 Å². The molecule has 0 spiro atoms. The maximum absolute atomic E-state index is 5.78. The van der Waals surface area contributed by atoms with Crippen LogP contribution in [0.5, 0.6) is 0 Å². The zero-order valence-corrected chi connectivity index (χ0v) is 10.3. The normalized spacial score (nSPS) is 10.4. The smallest absolute Gasteiger partial charge is 0.221 e. The van der Waals surface area contributed by atoms with Crippen LogP contribution < -0.4 is 11.5 Å². The van der Waals surface area contributed by atoms with E-state index in [-0.39, 0.29) is 5.95 Å². The monoisotopic (exact) mass is 242 g/mol. The number of aryl methyl sites for hydroxylation is 2. The molecule has 1 heterocycles. The quantitative estimate of drug-likeness (QED) is 0.788. The lowest BCUT2D eigenvalue weighted by atomic mass is 10.0. The van der Waals surface area contributed by atoms with Crippen LogP contribution in [0.1, 0.15) is 24.0 Å². The average Bonchev–Trinajstić information content (AvgIpc) is 2.38. The topological polar surface area (TPSA) is 77.8 Å². The Balaban J connectivity index is 1.79. The number of aromatic nitrogens is 2. The van der Waals surface area contributed by atoms with Crippen LogP contribution in [0.25, 0.3) is 0 Å². The summed E-state index contributed by atoms with van der Waals surface area (Å²) in [5.41, 5.74) is 13.6. The van der Waals surface area contributed by atoms with Crippen LogP contribution >= 0.6 is 0 Å². The Labute approximate surface area is 107 Å². The number of unbranched alkanes of at least 4 members (excludes halogenated alkanes) is 1. The van der Waals surface area contributed by atoms with Gasteiger partial charge in [-0.15, -0.1) is 0 Å². The van der Waals surface area contributed by atoms with E-state index in [0.29, 0.717) is 5.82 Å². The molecule has 4 N–H and O–H groups in total. The molecule has 18 heavy (non-hydrogen) atoms. The first-order valence-electron chi connectivity index (χ1n) is 6.16. The molecule has 0 aliphatic rings. The summed E-state index contributed by atoms with van der Waals surface area (Å²) in [6.07, 6.45) is 5.93. The minimum absolute atomic E-state index is 0.237. The highest BCUT2D eigenvalue weighted by Crippen LogP contribution is 2.13. The van der Waals surface area contributed by atoms with Crippen molar-refractivity contribution in [1.29, 1.82) is 0 Å². The molecule has 0 bridgehead atoms. The Hall–Kier alpha value is -2.10. The summed E-state index contributed by atoms with van der Waals surface area (Å²) < 4.78 is 0. The molecule has 0 saturated carbocycles. The minimum Gasteiger partial charge on any atom is -0.383 e. The summed E-state index contributed by atoms with van der Waals surface area (Å²) in [6.45, 7) is 0. The highest BCUT2D eigenvalue weighted by molar-refractivity contribution is 5.41. The van der Waals surface area contributed by atoms with E-state index in [1.807, 2.05) is 6.07 Å². The van der Waals surface area contributed by atoms with Gasteiger partial charge in [0.1, 0.15) is 5.82 Å². The molecule has 0 fully saturated rings. The number of benzene rings is 1. The van der Waals surface area contributed by atoms with Crippen molar-refractivity contribution in [2.24, 2.45) is 0 Å². The fourth-order valence-corrected chi connectivity index (χ4v) is 1.92. The predicted molar refractivity (Wildman–Crippen MR) is 73.9 cm³/mol. The summed E-state index contributed by atoms with van der Waals surface area (Å²) in [7, 11) is 0. The van der Waals surface area contributed by atoms with Gasteiger partial charge in [-0.2, -0.15) is 4.98 Å². The number of rotatable bonds is 5. The second-order valence-electron chi connectivity index (χ2n) is 4.33. The molecule has 4 heteroatoms. The Morgan fingerprint density at radius 3 is 2.39 bits per heavy atom. The van der Waals surface area contributed by atoms with Gasteiger partial charge in [-0.05, 0) is 31.2 Å². The largest absolute Gasteiger partial charge is 0.383 e. The molecule has 0 unspecified atom stereocenters. The molecular weight excluding hydrogens is 224 g/mol. The first-order valence-corrected chi connectivity index (χ1v) is 6.16. The summed E-state index contributed by atoms with van der Waals surface area (Å²) in [5, 5.41) is 0. The third kappa shape index (κ3) is 3.45. The van der Waals surface area contributed by atoms with Crippen LogP contribution in [0.3, 0.4) is 0 Å². The molecule has 1 aromatic carbocycles. The van der Waals surface area contributed by atoms with E-state index in [4.69, 9.17) is 11.5 Å². The fourth-order valence-electron chi connectivity index (χ4n) is 1.92. The molecule has 0 aliphatic carbocycles. The summed E-state index contributed by atoms with van der Waals surface area (Å²) in [4.78, 5) is 7.92. The van der Waals surface area contributed by atoms with Crippen molar-refractivity contribution in [3.05, 3.63) is 47.7 Å². The molecule has 2 rings (SSSR count). The van der Waals surface area contributed by atoms with Crippen LogP contribution in [-0.4, -0.2) is 9.97 Å². The molecule has 0 atom stereocenters. The van der Waals surface area contributed by atoms with E-state index in [1.165, 1.54) is 5.56 Å². The summed E-state index contributed by atoms with van der Waals surface area (Å²) in [5.74, 6) is 0.739.